The molecule has 0 amide bonds. The highest BCUT2D eigenvalue weighted by Gasteiger charge is 2.31. The Bertz CT molecular complexity index is 1060. The summed E-state index contributed by atoms with van der Waals surface area (Å²) in [6, 6.07) is 9.54. The summed E-state index contributed by atoms with van der Waals surface area (Å²) in [7, 11) is 0. The van der Waals surface area contributed by atoms with E-state index in [1.165, 1.54) is 0 Å². The third-order valence-corrected chi connectivity index (χ3v) is 5.62. The Kier molecular flexibility index (Phi) is 5.33. The van der Waals surface area contributed by atoms with Gasteiger partial charge >= 0.3 is 0 Å². The van der Waals surface area contributed by atoms with Gasteiger partial charge in [-0.15, -0.1) is 0 Å². The molecule has 1 unspecified atom stereocenters. The monoisotopic (exact) mass is 412 g/mol. The number of carbonyl (C=O) groups is 1. The van der Waals surface area contributed by atoms with Crippen LogP contribution in [0.3, 0.4) is 0 Å². The van der Waals surface area contributed by atoms with Crippen LogP contribution in [0.25, 0.3) is 10.9 Å². The van der Waals surface area contributed by atoms with E-state index >= 15 is 0 Å². The molecule has 0 saturated carbocycles. The molecule has 1 aliphatic heterocycles. The van der Waals surface area contributed by atoms with Gasteiger partial charge in [0, 0.05) is 42.0 Å². The highest BCUT2D eigenvalue weighted by atomic mass is 35.5. The Morgan fingerprint density at radius 2 is 2.29 bits per heavy atom. The summed E-state index contributed by atoms with van der Waals surface area (Å²) in [5.41, 5.74) is 2.47. The van der Waals surface area contributed by atoms with Gasteiger partial charge in [0.15, 0.2) is 10.9 Å². The van der Waals surface area contributed by atoms with Gasteiger partial charge < -0.3 is 10.6 Å². The molecule has 0 fully saturated rings. The van der Waals surface area contributed by atoms with Gasteiger partial charge in [-0.05, 0) is 36.8 Å². The normalized spacial score (nSPS) is 15.3. The van der Waals surface area contributed by atoms with Crippen molar-refractivity contribution in [1.82, 2.24) is 14.9 Å². The number of halogens is 1. The number of hydrogen-bond donors (Lipinski definition) is 2. The molecule has 0 bridgehead atoms. The predicted molar refractivity (Wildman–Crippen MR) is 118 cm³/mol. The van der Waals surface area contributed by atoms with Gasteiger partial charge in [0.05, 0.1) is 16.5 Å². The smallest absolute Gasteiger partial charge is 0.177 e. The Morgan fingerprint density at radius 1 is 1.43 bits per heavy atom. The van der Waals surface area contributed by atoms with E-state index < -0.39 is 0 Å². The number of benzene rings is 1. The van der Waals surface area contributed by atoms with Crippen LogP contribution < -0.4 is 10.6 Å². The molecule has 7 heteroatoms. The molecule has 0 aliphatic carbocycles. The summed E-state index contributed by atoms with van der Waals surface area (Å²) < 4.78 is 1.93. The lowest BCUT2D eigenvalue weighted by Gasteiger charge is -2.12. The van der Waals surface area contributed by atoms with Crippen molar-refractivity contribution < 1.29 is 4.79 Å². The van der Waals surface area contributed by atoms with E-state index in [1.807, 2.05) is 41.1 Å². The molecule has 2 N–H and O–H groups in total. The number of thiocarbonyl (C=S) groups is 1. The largest absolute Gasteiger partial charge is 0.369 e. The average molecular weight is 413 g/mol. The SMILES string of the molecule is CCCCNC(=S)n1ccc2c(C(=O)C3CNc4ncc(Cl)cc43)cccc21. The zero-order valence-electron chi connectivity index (χ0n) is 15.5. The van der Waals surface area contributed by atoms with Crippen LogP contribution in [0.1, 0.15) is 41.6 Å². The molecular weight excluding hydrogens is 392 g/mol. The van der Waals surface area contributed by atoms with Crippen LogP contribution in [0, 0.1) is 0 Å². The fourth-order valence-corrected chi connectivity index (χ4v) is 4.04. The minimum Gasteiger partial charge on any atom is -0.369 e. The summed E-state index contributed by atoms with van der Waals surface area (Å²) >= 11 is 11.6. The first-order valence-electron chi connectivity index (χ1n) is 9.42. The number of pyridine rings is 1. The second kappa shape index (κ2) is 7.89. The van der Waals surface area contributed by atoms with E-state index in [9.17, 15) is 4.79 Å². The van der Waals surface area contributed by atoms with E-state index in [0.717, 1.165) is 41.7 Å². The van der Waals surface area contributed by atoms with E-state index in [-0.39, 0.29) is 11.7 Å². The van der Waals surface area contributed by atoms with Crippen LogP contribution >= 0.6 is 23.8 Å². The molecule has 0 radical (unpaired) electrons. The maximum Gasteiger partial charge on any atom is 0.177 e. The molecular formula is C21H21ClN4OS. The van der Waals surface area contributed by atoms with Gasteiger partial charge in [-0.25, -0.2) is 4.98 Å². The molecule has 144 valence electrons. The second-order valence-corrected chi connectivity index (χ2v) is 7.72. The molecule has 28 heavy (non-hydrogen) atoms. The van der Waals surface area contributed by atoms with Gasteiger partial charge in [0.1, 0.15) is 5.82 Å². The van der Waals surface area contributed by atoms with Crippen molar-refractivity contribution in [3.8, 4) is 0 Å². The fraction of sp³-hybridized carbons (Fsp3) is 0.286. The quantitative estimate of drug-likeness (QED) is 0.364. The van der Waals surface area contributed by atoms with Crippen LogP contribution in [0.5, 0.6) is 0 Å². The summed E-state index contributed by atoms with van der Waals surface area (Å²) in [5.74, 6) is 0.488. The standard InChI is InChI=1S/C21H21ClN4OS/c1-2-3-8-23-21(28)26-9-7-14-15(5-4-6-18(14)26)19(27)17-12-25-20-16(17)10-13(22)11-24-20/h4-7,9-11,17H,2-3,8,12H2,1H3,(H,23,28)(H,24,25). The molecule has 3 aromatic rings. The van der Waals surface area contributed by atoms with Crippen molar-refractivity contribution in [3.63, 3.8) is 0 Å². The Hall–Kier alpha value is -2.44. The number of anilines is 1. The molecule has 0 saturated heterocycles. The number of aromatic nitrogens is 2. The molecule has 4 rings (SSSR count). The van der Waals surface area contributed by atoms with Crippen LogP contribution in [-0.2, 0) is 0 Å². The van der Waals surface area contributed by atoms with Crippen molar-refractivity contribution in [2.45, 2.75) is 25.7 Å². The maximum atomic E-state index is 13.4. The van der Waals surface area contributed by atoms with Crippen molar-refractivity contribution in [2.24, 2.45) is 0 Å². The van der Waals surface area contributed by atoms with Crippen LogP contribution in [-0.4, -0.2) is 33.5 Å². The van der Waals surface area contributed by atoms with Gasteiger partial charge in [-0.3, -0.25) is 9.36 Å². The Labute approximate surface area is 174 Å². The first-order chi connectivity index (χ1) is 13.6. The van der Waals surface area contributed by atoms with Gasteiger partial charge in [-0.1, -0.05) is 37.1 Å². The van der Waals surface area contributed by atoms with E-state index in [2.05, 4.69) is 22.5 Å². The van der Waals surface area contributed by atoms with E-state index in [4.69, 9.17) is 23.8 Å². The highest BCUT2D eigenvalue weighted by molar-refractivity contribution is 7.80. The number of ketones is 1. The van der Waals surface area contributed by atoms with Crippen molar-refractivity contribution in [2.75, 3.05) is 18.4 Å². The highest BCUT2D eigenvalue weighted by Crippen LogP contribution is 2.35. The minimum atomic E-state index is -0.301. The van der Waals surface area contributed by atoms with E-state index in [0.29, 0.717) is 22.2 Å². The minimum absolute atomic E-state index is 0.0588. The lowest BCUT2D eigenvalue weighted by Crippen LogP contribution is -2.28. The third kappa shape index (κ3) is 3.38. The van der Waals surface area contributed by atoms with Crippen molar-refractivity contribution in [3.05, 3.63) is 58.9 Å². The number of fused-ring (bicyclic) bond motifs is 2. The molecule has 0 spiro atoms. The first-order valence-corrected chi connectivity index (χ1v) is 10.2. The topological polar surface area (TPSA) is 59.0 Å². The summed E-state index contributed by atoms with van der Waals surface area (Å²) in [6.45, 7) is 3.51. The lowest BCUT2D eigenvalue weighted by atomic mass is 9.91. The third-order valence-electron chi connectivity index (χ3n) is 5.07. The number of carbonyl (C=O) groups excluding carboxylic acids is 1. The lowest BCUT2D eigenvalue weighted by molar-refractivity contribution is 0.0968. The van der Waals surface area contributed by atoms with Gasteiger partial charge in [0.2, 0.25) is 0 Å². The number of rotatable bonds is 5. The zero-order valence-corrected chi connectivity index (χ0v) is 17.1. The summed E-state index contributed by atoms with van der Waals surface area (Å²) in [6.07, 6.45) is 5.68. The summed E-state index contributed by atoms with van der Waals surface area (Å²) in [5, 5.41) is 8.56. The predicted octanol–water partition coefficient (Wildman–Crippen LogP) is 4.60. The van der Waals surface area contributed by atoms with Crippen molar-refractivity contribution >= 4 is 51.4 Å². The van der Waals surface area contributed by atoms with Crippen LogP contribution in [0.4, 0.5) is 5.82 Å². The fourth-order valence-electron chi connectivity index (χ4n) is 3.62. The zero-order chi connectivity index (χ0) is 19.7. The molecule has 2 aromatic heterocycles. The average Bonchev–Trinajstić information content (AvgIpc) is 3.31. The number of nitrogens with one attached hydrogen (secondary N) is 2. The maximum absolute atomic E-state index is 13.4. The Morgan fingerprint density at radius 3 is 3.11 bits per heavy atom. The molecule has 5 nitrogen and oxygen atoms in total. The molecule has 1 aromatic carbocycles. The number of Topliss-reactive ketones (excluding diaryl/α,β-unsaturated/α-hetero) is 1. The molecule has 1 atom stereocenters. The van der Waals surface area contributed by atoms with Crippen LogP contribution in [0.15, 0.2) is 42.7 Å². The van der Waals surface area contributed by atoms with Gasteiger partial charge in [-0.2, -0.15) is 0 Å². The second-order valence-electron chi connectivity index (χ2n) is 6.90. The van der Waals surface area contributed by atoms with Gasteiger partial charge in [0.25, 0.3) is 0 Å². The summed E-state index contributed by atoms with van der Waals surface area (Å²) in [4.78, 5) is 17.6. The number of nitrogens with zero attached hydrogens (tertiary/aromatic N) is 2. The number of hydrogen-bond acceptors (Lipinski definition) is 4. The Balaban J connectivity index is 1.66. The molecule has 3 heterocycles. The number of unbranched alkanes of at least 4 members (excludes halogenated alkanes) is 1. The first kappa shape index (κ1) is 18.9. The molecule has 1 aliphatic rings. The van der Waals surface area contributed by atoms with E-state index in [1.54, 1.807) is 6.20 Å². The van der Waals surface area contributed by atoms with Crippen LogP contribution in [0.2, 0.25) is 5.02 Å². The van der Waals surface area contributed by atoms with Crippen molar-refractivity contribution in [1.29, 1.82) is 0 Å².